The van der Waals surface area contributed by atoms with Gasteiger partial charge in [-0.1, -0.05) is 0 Å². The summed E-state index contributed by atoms with van der Waals surface area (Å²) in [5.74, 6) is -0.955. The minimum absolute atomic E-state index is 0.0434. The Morgan fingerprint density at radius 1 is 1.14 bits per heavy atom. The van der Waals surface area contributed by atoms with Crippen LogP contribution in [-0.4, -0.2) is 30.5 Å². The Morgan fingerprint density at radius 2 is 1.79 bits per heavy atom. The van der Waals surface area contributed by atoms with Gasteiger partial charge in [-0.05, 0) is 36.4 Å². The van der Waals surface area contributed by atoms with Crippen molar-refractivity contribution in [2.24, 2.45) is 0 Å². The number of hydrogen-bond donors (Lipinski definition) is 2. The second-order valence-electron chi connectivity index (χ2n) is 5.78. The fourth-order valence-electron chi connectivity index (χ4n) is 2.35. The smallest absolute Gasteiger partial charge is 0.416 e. The highest BCUT2D eigenvalue weighted by atomic mass is 19.4. The third-order valence-electron chi connectivity index (χ3n) is 3.78. The van der Waals surface area contributed by atoms with Gasteiger partial charge in [0.2, 0.25) is 5.91 Å². The van der Waals surface area contributed by atoms with Crippen molar-refractivity contribution >= 4 is 28.9 Å². The predicted molar refractivity (Wildman–Crippen MR) is 97.6 cm³/mol. The van der Waals surface area contributed by atoms with Crippen LogP contribution < -0.4 is 10.6 Å². The number of methoxy groups -OCH3 is 1. The largest absolute Gasteiger partial charge is 0.465 e. The summed E-state index contributed by atoms with van der Waals surface area (Å²) in [6.07, 6.45) is -4.80. The molecule has 0 saturated heterocycles. The number of nitrogens with one attached hydrogen (secondary N) is 2. The minimum Gasteiger partial charge on any atom is -0.465 e. The van der Waals surface area contributed by atoms with Crippen LogP contribution in [0, 0.1) is 10.1 Å². The Labute approximate surface area is 162 Å². The van der Waals surface area contributed by atoms with Crippen molar-refractivity contribution in [1.29, 1.82) is 0 Å². The van der Waals surface area contributed by atoms with E-state index in [0.29, 0.717) is 17.3 Å². The highest BCUT2D eigenvalue weighted by molar-refractivity contribution is 5.93. The van der Waals surface area contributed by atoms with Gasteiger partial charge in [0.15, 0.2) is 0 Å². The van der Waals surface area contributed by atoms with E-state index >= 15 is 0 Å². The Kier molecular flexibility index (Phi) is 6.75. The number of carbonyl (C=O) groups excluding carboxylic acids is 2. The first kappa shape index (κ1) is 21.7. The average Bonchev–Trinajstić information content (AvgIpc) is 2.67. The van der Waals surface area contributed by atoms with Crippen LogP contribution in [0.3, 0.4) is 0 Å². The molecule has 0 aliphatic rings. The number of ether oxygens (including phenoxy) is 1. The number of nitro benzene ring substituents is 1. The van der Waals surface area contributed by atoms with Gasteiger partial charge < -0.3 is 15.4 Å². The first-order valence-electron chi connectivity index (χ1n) is 8.19. The van der Waals surface area contributed by atoms with Crippen molar-refractivity contribution in [2.45, 2.75) is 12.6 Å². The molecule has 2 aromatic rings. The van der Waals surface area contributed by atoms with E-state index in [-0.39, 0.29) is 18.7 Å². The average molecular weight is 411 g/mol. The standard InChI is InChI=1S/C18H16F3N3O5/c1-29-17(26)11-2-5-13(6-3-11)23-16(25)8-9-22-14-7-4-12(18(19,20)21)10-15(14)24(27)28/h2-7,10,22H,8-9H2,1H3,(H,23,25). The van der Waals surface area contributed by atoms with Crippen molar-refractivity contribution in [1.82, 2.24) is 0 Å². The Hall–Kier alpha value is -3.63. The van der Waals surface area contributed by atoms with Crippen LogP contribution in [0.2, 0.25) is 0 Å². The number of amides is 1. The molecule has 2 aromatic carbocycles. The third kappa shape index (κ3) is 5.92. The van der Waals surface area contributed by atoms with Gasteiger partial charge in [-0.2, -0.15) is 13.2 Å². The predicted octanol–water partition coefficient (Wildman–Crippen LogP) is 3.84. The molecule has 8 nitrogen and oxygen atoms in total. The number of anilines is 2. The maximum absolute atomic E-state index is 12.7. The van der Waals surface area contributed by atoms with Crippen LogP contribution >= 0.6 is 0 Å². The zero-order valence-corrected chi connectivity index (χ0v) is 15.1. The van der Waals surface area contributed by atoms with Gasteiger partial charge in [0.1, 0.15) is 5.69 Å². The Bertz CT molecular complexity index is 914. The van der Waals surface area contributed by atoms with Gasteiger partial charge in [-0.25, -0.2) is 4.79 Å². The molecule has 2 rings (SSSR count). The maximum Gasteiger partial charge on any atom is 0.416 e. The lowest BCUT2D eigenvalue weighted by atomic mass is 10.1. The summed E-state index contributed by atoms with van der Waals surface area (Å²) in [7, 11) is 1.24. The number of rotatable bonds is 7. The van der Waals surface area contributed by atoms with Crippen LogP contribution in [-0.2, 0) is 15.7 Å². The van der Waals surface area contributed by atoms with E-state index in [1.807, 2.05) is 0 Å². The number of alkyl halides is 3. The van der Waals surface area contributed by atoms with Crippen LogP contribution in [0.1, 0.15) is 22.3 Å². The molecule has 1 amide bonds. The number of carbonyl (C=O) groups is 2. The molecule has 0 aliphatic carbocycles. The molecule has 0 radical (unpaired) electrons. The molecule has 0 aliphatic heterocycles. The molecule has 2 N–H and O–H groups in total. The lowest BCUT2D eigenvalue weighted by Crippen LogP contribution is -2.17. The summed E-state index contributed by atoms with van der Waals surface area (Å²) in [6, 6.07) is 8.03. The zero-order valence-electron chi connectivity index (χ0n) is 15.1. The number of benzene rings is 2. The molecular weight excluding hydrogens is 395 g/mol. The van der Waals surface area contributed by atoms with Crippen LogP contribution in [0.5, 0.6) is 0 Å². The highest BCUT2D eigenvalue weighted by Crippen LogP contribution is 2.34. The molecular formula is C18H16F3N3O5. The summed E-state index contributed by atoms with van der Waals surface area (Å²) in [6.45, 7) is -0.0434. The van der Waals surface area contributed by atoms with E-state index in [2.05, 4.69) is 15.4 Å². The number of hydrogen-bond acceptors (Lipinski definition) is 6. The van der Waals surface area contributed by atoms with Gasteiger partial charge in [0.05, 0.1) is 23.2 Å². The molecule has 0 unspecified atom stereocenters. The van der Waals surface area contributed by atoms with Gasteiger partial charge in [0.25, 0.3) is 5.69 Å². The lowest BCUT2D eigenvalue weighted by Gasteiger charge is -2.11. The Balaban J connectivity index is 1.94. The van der Waals surface area contributed by atoms with E-state index in [1.54, 1.807) is 0 Å². The van der Waals surface area contributed by atoms with Gasteiger partial charge in [0, 0.05) is 24.7 Å². The van der Waals surface area contributed by atoms with Crippen molar-refractivity contribution < 1.29 is 32.4 Å². The number of halogens is 3. The first-order chi connectivity index (χ1) is 13.6. The van der Waals surface area contributed by atoms with E-state index in [9.17, 15) is 32.9 Å². The van der Waals surface area contributed by atoms with E-state index in [4.69, 9.17) is 0 Å². The third-order valence-corrected chi connectivity index (χ3v) is 3.78. The lowest BCUT2D eigenvalue weighted by molar-refractivity contribution is -0.384. The summed E-state index contributed by atoms with van der Waals surface area (Å²) < 4.78 is 42.6. The molecule has 11 heteroatoms. The Morgan fingerprint density at radius 3 is 2.34 bits per heavy atom. The van der Waals surface area contributed by atoms with Crippen molar-refractivity contribution in [3.05, 3.63) is 63.7 Å². The van der Waals surface area contributed by atoms with E-state index < -0.39 is 34.2 Å². The SMILES string of the molecule is COC(=O)c1ccc(NC(=O)CCNc2ccc(C(F)(F)F)cc2[N+](=O)[O-])cc1. The molecule has 0 spiro atoms. The molecule has 0 bridgehead atoms. The summed E-state index contributed by atoms with van der Waals surface area (Å²) in [5, 5.41) is 16.2. The van der Waals surface area contributed by atoms with Crippen molar-refractivity contribution in [3.63, 3.8) is 0 Å². The topological polar surface area (TPSA) is 111 Å². The zero-order chi connectivity index (χ0) is 21.6. The van der Waals surface area contributed by atoms with Gasteiger partial charge in [-0.3, -0.25) is 14.9 Å². The van der Waals surface area contributed by atoms with Crippen molar-refractivity contribution in [3.8, 4) is 0 Å². The first-order valence-corrected chi connectivity index (χ1v) is 8.19. The van der Waals surface area contributed by atoms with E-state index in [1.165, 1.54) is 31.4 Å². The fraction of sp³-hybridized carbons (Fsp3) is 0.222. The molecule has 154 valence electrons. The molecule has 0 saturated carbocycles. The molecule has 0 heterocycles. The summed E-state index contributed by atoms with van der Waals surface area (Å²) in [5.41, 5.74) is -1.27. The maximum atomic E-state index is 12.7. The summed E-state index contributed by atoms with van der Waals surface area (Å²) >= 11 is 0. The molecule has 0 aromatic heterocycles. The van der Waals surface area contributed by atoms with Gasteiger partial charge >= 0.3 is 12.1 Å². The monoisotopic (exact) mass is 411 g/mol. The number of nitrogens with zero attached hydrogens (tertiary/aromatic N) is 1. The van der Waals surface area contributed by atoms with Crippen molar-refractivity contribution in [2.75, 3.05) is 24.3 Å². The fourth-order valence-corrected chi connectivity index (χ4v) is 2.35. The number of esters is 1. The second kappa shape index (κ2) is 9.04. The van der Waals surface area contributed by atoms with E-state index in [0.717, 1.165) is 12.1 Å². The quantitative estimate of drug-likeness (QED) is 0.407. The van der Waals surface area contributed by atoms with Crippen LogP contribution in [0.15, 0.2) is 42.5 Å². The van der Waals surface area contributed by atoms with Crippen LogP contribution in [0.4, 0.5) is 30.2 Å². The molecule has 29 heavy (non-hydrogen) atoms. The highest BCUT2D eigenvalue weighted by Gasteiger charge is 2.33. The van der Waals surface area contributed by atoms with Gasteiger partial charge in [-0.15, -0.1) is 0 Å². The molecule has 0 fully saturated rings. The second-order valence-corrected chi connectivity index (χ2v) is 5.78. The summed E-state index contributed by atoms with van der Waals surface area (Å²) in [4.78, 5) is 33.4. The van der Waals surface area contributed by atoms with Crippen LogP contribution in [0.25, 0.3) is 0 Å². The number of nitro groups is 1. The minimum atomic E-state index is -4.70. The normalized spacial score (nSPS) is 10.9. The molecule has 0 atom stereocenters.